The van der Waals surface area contributed by atoms with Crippen molar-refractivity contribution < 1.29 is 14.7 Å². The maximum Gasteiger partial charge on any atom is 0.338 e. The highest BCUT2D eigenvalue weighted by atomic mass is 16.4. The number of aromatic carboxylic acids is 1. The summed E-state index contributed by atoms with van der Waals surface area (Å²) >= 11 is 0. The van der Waals surface area contributed by atoms with E-state index in [0.29, 0.717) is 23.4 Å². The molecule has 0 unspecified atom stereocenters. The summed E-state index contributed by atoms with van der Waals surface area (Å²) in [6, 6.07) is 17.3. The molecule has 0 atom stereocenters. The van der Waals surface area contributed by atoms with Gasteiger partial charge in [0.15, 0.2) is 5.78 Å². The molecule has 1 heterocycles. The van der Waals surface area contributed by atoms with Crippen LogP contribution < -0.4 is 0 Å². The summed E-state index contributed by atoms with van der Waals surface area (Å²) in [6.07, 6.45) is 0.619. The Morgan fingerprint density at radius 2 is 1.48 bits per heavy atom. The van der Waals surface area contributed by atoms with Crippen LogP contribution in [0.2, 0.25) is 0 Å². The van der Waals surface area contributed by atoms with Gasteiger partial charge in [-0.15, -0.1) is 0 Å². The minimum absolute atomic E-state index is 0.0528. The Kier molecular flexibility index (Phi) is 4.52. The largest absolute Gasteiger partial charge is 0.478 e. The molecule has 2 aromatic carbocycles. The summed E-state index contributed by atoms with van der Waals surface area (Å²) in [6.45, 7) is 3.40. The third-order valence-electron chi connectivity index (χ3n) is 4.32. The van der Waals surface area contributed by atoms with Crippen molar-refractivity contribution in [3.63, 3.8) is 0 Å². The van der Waals surface area contributed by atoms with E-state index in [9.17, 15) is 14.7 Å². The molecule has 0 radical (unpaired) electrons. The zero-order valence-electron chi connectivity index (χ0n) is 14.2. The normalized spacial score (nSPS) is 10.6. The first kappa shape index (κ1) is 16.7. The molecule has 1 aromatic heterocycles. The van der Waals surface area contributed by atoms with E-state index in [4.69, 9.17) is 0 Å². The molecule has 0 aliphatic carbocycles. The molecule has 2 N–H and O–H groups in total. The van der Waals surface area contributed by atoms with Gasteiger partial charge < -0.3 is 10.1 Å². The van der Waals surface area contributed by atoms with Crippen molar-refractivity contribution in [3.05, 3.63) is 93.8 Å². The van der Waals surface area contributed by atoms with Crippen LogP contribution in [0.5, 0.6) is 0 Å². The zero-order valence-corrected chi connectivity index (χ0v) is 14.2. The maximum absolute atomic E-state index is 13.1. The van der Waals surface area contributed by atoms with Crippen molar-refractivity contribution >= 4 is 11.8 Å². The topological polar surface area (TPSA) is 70.2 Å². The second-order valence-corrected chi connectivity index (χ2v) is 6.08. The summed E-state index contributed by atoms with van der Waals surface area (Å²) in [5.41, 5.74) is 3.89. The first-order valence-corrected chi connectivity index (χ1v) is 8.08. The van der Waals surface area contributed by atoms with Gasteiger partial charge in [-0.2, -0.15) is 0 Å². The first-order valence-electron chi connectivity index (χ1n) is 8.08. The molecule has 4 heteroatoms. The summed E-state index contributed by atoms with van der Waals surface area (Å²) < 4.78 is 0. The lowest BCUT2D eigenvalue weighted by Crippen LogP contribution is -2.11. The third-order valence-corrected chi connectivity index (χ3v) is 4.32. The van der Waals surface area contributed by atoms with Gasteiger partial charge in [0.05, 0.1) is 11.1 Å². The molecule has 0 aliphatic rings. The van der Waals surface area contributed by atoms with E-state index in [1.807, 2.05) is 42.5 Å². The lowest BCUT2D eigenvalue weighted by molar-refractivity contribution is 0.0692. The number of H-pyrrole nitrogens is 1. The van der Waals surface area contributed by atoms with Crippen LogP contribution in [0.1, 0.15) is 48.8 Å². The zero-order chi connectivity index (χ0) is 18.0. The predicted molar refractivity (Wildman–Crippen MR) is 96.3 cm³/mol. The quantitative estimate of drug-likeness (QED) is 0.689. The molecule has 3 aromatic rings. The summed E-state index contributed by atoms with van der Waals surface area (Å²) in [4.78, 5) is 27.7. The smallest absolute Gasteiger partial charge is 0.338 e. The molecule has 0 amide bonds. The standard InChI is InChI=1S/C21H19NO3/c1-13-18(19(21(24)25)14(2)22-13)20(23)17-11-7-6-10-16(17)12-15-8-4-3-5-9-15/h3-11,22H,12H2,1-2H3,(H,24,25). The number of aryl methyl sites for hydroxylation is 2. The second-order valence-electron chi connectivity index (χ2n) is 6.08. The van der Waals surface area contributed by atoms with E-state index >= 15 is 0 Å². The molecule has 0 saturated carbocycles. The number of nitrogens with one attached hydrogen (secondary N) is 1. The molecule has 0 aliphatic heterocycles. The number of hydrogen-bond acceptors (Lipinski definition) is 2. The molecule has 0 bridgehead atoms. The van der Waals surface area contributed by atoms with Crippen molar-refractivity contribution in [2.45, 2.75) is 20.3 Å². The highest BCUT2D eigenvalue weighted by molar-refractivity contribution is 6.16. The third kappa shape index (κ3) is 3.24. The van der Waals surface area contributed by atoms with Gasteiger partial charge in [0.1, 0.15) is 0 Å². The van der Waals surface area contributed by atoms with Crippen LogP contribution in [0.4, 0.5) is 0 Å². The van der Waals surface area contributed by atoms with Crippen LogP contribution in [0.15, 0.2) is 54.6 Å². The molecule has 0 spiro atoms. The highest BCUT2D eigenvalue weighted by Gasteiger charge is 2.26. The molecule has 3 rings (SSSR count). The van der Waals surface area contributed by atoms with E-state index in [1.165, 1.54) is 0 Å². The number of hydrogen-bond donors (Lipinski definition) is 2. The van der Waals surface area contributed by atoms with Crippen LogP contribution >= 0.6 is 0 Å². The van der Waals surface area contributed by atoms with Crippen LogP contribution in [0.25, 0.3) is 0 Å². The van der Waals surface area contributed by atoms with Crippen molar-refractivity contribution in [2.24, 2.45) is 0 Å². The second kappa shape index (κ2) is 6.77. The van der Waals surface area contributed by atoms with Gasteiger partial charge in [0.25, 0.3) is 0 Å². The van der Waals surface area contributed by atoms with E-state index < -0.39 is 5.97 Å². The number of carboxylic acid groups (broad SMARTS) is 1. The first-order chi connectivity index (χ1) is 12.0. The van der Waals surface area contributed by atoms with Crippen LogP contribution in [-0.2, 0) is 6.42 Å². The Bertz CT molecular complexity index is 939. The monoisotopic (exact) mass is 333 g/mol. The molecule has 126 valence electrons. The van der Waals surface area contributed by atoms with Gasteiger partial charge in [-0.1, -0.05) is 54.6 Å². The number of benzene rings is 2. The van der Waals surface area contributed by atoms with Crippen molar-refractivity contribution in [3.8, 4) is 0 Å². The number of carbonyl (C=O) groups excluding carboxylic acids is 1. The summed E-state index contributed by atoms with van der Waals surface area (Å²) in [7, 11) is 0. The van der Waals surface area contributed by atoms with E-state index in [2.05, 4.69) is 4.98 Å². The average Bonchev–Trinajstić information content (AvgIpc) is 2.90. The molecular weight excluding hydrogens is 314 g/mol. The molecule has 25 heavy (non-hydrogen) atoms. The fourth-order valence-electron chi connectivity index (χ4n) is 3.18. The maximum atomic E-state index is 13.1. The number of aromatic nitrogens is 1. The van der Waals surface area contributed by atoms with Crippen molar-refractivity contribution in [2.75, 3.05) is 0 Å². The summed E-state index contributed by atoms with van der Waals surface area (Å²) in [5.74, 6) is -1.35. The van der Waals surface area contributed by atoms with E-state index in [-0.39, 0.29) is 16.9 Å². The fraction of sp³-hybridized carbons (Fsp3) is 0.143. The lowest BCUT2D eigenvalue weighted by Gasteiger charge is -2.10. The number of rotatable bonds is 5. The number of carbonyl (C=O) groups is 2. The minimum Gasteiger partial charge on any atom is -0.478 e. The Labute approximate surface area is 146 Å². The van der Waals surface area contributed by atoms with Crippen molar-refractivity contribution in [1.29, 1.82) is 0 Å². The molecule has 0 saturated heterocycles. The van der Waals surface area contributed by atoms with Gasteiger partial charge in [-0.25, -0.2) is 4.79 Å². The van der Waals surface area contributed by atoms with Gasteiger partial charge in [-0.05, 0) is 31.4 Å². The van der Waals surface area contributed by atoms with Gasteiger partial charge in [0.2, 0.25) is 0 Å². The van der Waals surface area contributed by atoms with Crippen LogP contribution in [0, 0.1) is 13.8 Å². The Balaban J connectivity index is 2.06. The predicted octanol–water partition coefficient (Wildman–Crippen LogP) is 4.15. The SMILES string of the molecule is Cc1[nH]c(C)c(C(=O)c2ccccc2Cc2ccccc2)c1C(=O)O. The minimum atomic E-state index is -1.09. The van der Waals surface area contributed by atoms with Gasteiger partial charge in [0, 0.05) is 17.0 Å². The van der Waals surface area contributed by atoms with Gasteiger partial charge >= 0.3 is 5.97 Å². The van der Waals surface area contributed by atoms with Crippen molar-refractivity contribution in [1.82, 2.24) is 4.98 Å². The molecule has 0 fully saturated rings. The van der Waals surface area contributed by atoms with E-state index in [1.54, 1.807) is 26.0 Å². The molecule has 4 nitrogen and oxygen atoms in total. The Hall–Kier alpha value is -3.14. The van der Waals surface area contributed by atoms with E-state index in [0.717, 1.165) is 11.1 Å². The highest BCUT2D eigenvalue weighted by Crippen LogP contribution is 2.24. The Morgan fingerprint density at radius 1 is 0.880 bits per heavy atom. The summed E-state index contributed by atoms with van der Waals surface area (Å²) in [5, 5.41) is 9.49. The average molecular weight is 333 g/mol. The lowest BCUT2D eigenvalue weighted by atomic mass is 9.92. The number of aromatic amines is 1. The number of carboxylic acids is 1. The van der Waals surface area contributed by atoms with Crippen LogP contribution in [0.3, 0.4) is 0 Å². The number of ketones is 1. The Morgan fingerprint density at radius 3 is 2.16 bits per heavy atom. The van der Waals surface area contributed by atoms with Gasteiger partial charge in [-0.3, -0.25) is 4.79 Å². The fourth-order valence-corrected chi connectivity index (χ4v) is 3.18. The molecular formula is C21H19NO3. The van der Waals surface area contributed by atoms with Crippen LogP contribution in [-0.4, -0.2) is 21.8 Å².